The molecule has 0 aliphatic rings. The first kappa shape index (κ1) is 13.5. The third-order valence-corrected chi connectivity index (χ3v) is 2.80. The predicted octanol–water partition coefficient (Wildman–Crippen LogP) is 3.15. The van der Waals surface area contributed by atoms with Crippen LogP contribution in [0.3, 0.4) is 0 Å². The van der Waals surface area contributed by atoms with E-state index in [9.17, 15) is 14.3 Å². The maximum Gasteiger partial charge on any atom is 0.257 e. The van der Waals surface area contributed by atoms with Crippen molar-refractivity contribution >= 4 is 23.2 Å². The number of nitrogens with one attached hydrogen (secondary N) is 1. The average Bonchev–Trinajstić information content (AvgIpc) is 2.41. The van der Waals surface area contributed by atoms with Gasteiger partial charge < -0.3 is 10.4 Å². The van der Waals surface area contributed by atoms with E-state index in [1.807, 2.05) is 0 Å². The van der Waals surface area contributed by atoms with E-state index in [1.165, 1.54) is 24.3 Å². The lowest BCUT2D eigenvalue weighted by Crippen LogP contribution is -2.20. The van der Waals surface area contributed by atoms with Gasteiger partial charge in [0.1, 0.15) is 5.82 Å². The largest absolute Gasteiger partial charge is 0.378 e. The number of rotatable bonds is 3. The van der Waals surface area contributed by atoms with E-state index in [2.05, 4.69) is 5.32 Å². The van der Waals surface area contributed by atoms with Crippen LogP contribution in [0, 0.1) is 5.82 Å². The zero-order chi connectivity index (χ0) is 13.8. The molecule has 2 aromatic rings. The number of hydrogen-bond donors (Lipinski definition) is 2. The van der Waals surface area contributed by atoms with Crippen LogP contribution in [-0.2, 0) is 4.79 Å². The van der Waals surface area contributed by atoms with Crippen molar-refractivity contribution < 1.29 is 14.3 Å². The normalized spacial score (nSPS) is 11.9. The molecule has 5 heteroatoms. The van der Waals surface area contributed by atoms with Crippen molar-refractivity contribution in [3.63, 3.8) is 0 Å². The molecule has 2 aromatic carbocycles. The van der Waals surface area contributed by atoms with Crippen molar-refractivity contribution in [2.75, 3.05) is 5.32 Å². The smallest absolute Gasteiger partial charge is 0.257 e. The van der Waals surface area contributed by atoms with Crippen molar-refractivity contribution in [3.8, 4) is 0 Å². The highest BCUT2D eigenvalue weighted by Crippen LogP contribution is 2.18. The molecule has 0 saturated heterocycles. The molecule has 19 heavy (non-hydrogen) atoms. The minimum absolute atomic E-state index is 0.327. The van der Waals surface area contributed by atoms with E-state index in [1.54, 1.807) is 24.3 Å². The minimum atomic E-state index is -1.35. The summed E-state index contributed by atoms with van der Waals surface area (Å²) in [6, 6.07) is 11.6. The van der Waals surface area contributed by atoms with Gasteiger partial charge in [-0.3, -0.25) is 4.79 Å². The summed E-state index contributed by atoms with van der Waals surface area (Å²) in [5.41, 5.74) is 0.850. The minimum Gasteiger partial charge on any atom is -0.378 e. The Bertz CT molecular complexity index is 569. The lowest BCUT2D eigenvalue weighted by molar-refractivity contribution is -0.124. The fourth-order valence-corrected chi connectivity index (χ4v) is 1.67. The first-order valence-electron chi connectivity index (χ1n) is 5.56. The molecule has 98 valence electrons. The van der Waals surface area contributed by atoms with Crippen LogP contribution in [0.25, 0.3) is 0 Å². The Morgan fingerprint density at radius 1 is 1.11 bits per heavy atom. The Kier molecular flexibility index (Phi) is 4.14. The van der Waals surface area contributed by atoms with Crippen molar-refractivity contribution in [1.82, 2.24) is 0 Å². The highest BCUT2D eigenvalue weighted by Gasteiger charge is 2.17. The summed E-state index contributed by atoms with van der Waals surface area (Å²) in [5, 5.41) is 12.9. The van der Waals surface area contributed by atoms with Crippen LogP contribution in [0.15, 0.2) is 48.5 Å². The molecule has 0 saturated carbocycles. The number of hydrogen-bond acceptors (Lipinski definition) is 2. The van der Waals surface area contributed by atoms with Crippen LogP contribution in [0.2, 0.25) is 5.02 Å². The van der Waals surface area contributed by atoms with E-state index in [0.717, 1.165) is 0 Å². The third-order valence-electron chi connectivity index (χ3n) is 2.55. The molecular formula is C14H11ClFNO2. The van der Waals surface area contributed by atoms with Crippen LogP contribution in [0.4, 0.5) is 10.1 Å². The SMILES string of the molecule is O=C(Nc1ccc(Cl)cc1)C(O)c1ccc(F)cc1. The van der Waals surface area contributed by atoms with E-state index >= 15 is 0 Å². The number of carbonyl (C=O) groups excluding carboxylic acids is 1. The fourth-order valence-electron chi connectivity index (χ4n) is 1.54. The van der Waals surface area contributed by atoms with Gasteiger partial charge in [0.05, 0.1) is 0 Å². The number of carbonyl (C=O) groups is 1. The summed E-state index contributed by atoms with van der Waals surface area (Å²) < 4.78 is 12.7. The lowest BCUT2D eigenvalue weighted by Gasteiger charge is -2.11. The quantitative estimate of drug-likeness (QED) is 0.907. The molecule has 1 atom stereocenters. The predicted molar refractivity (Wildman–Crippen MR) is 71.4 cm³/mol. The molecule has 1 amide bonds. The van der Waals surface area contributed by atoms with E-state index < -0.39 is 17.8 Å². The Morgan fingerprint density at radius 2 is 1.68 bits per heavy atom. The Labute approximate surface area is 114 Å². The van der Waals surface area contributed by atoms with Crippen molar-refractivity contribution in [2.45, 2.75) is 6.10 Å². The van der Waals surface area contributed by atoms with Crippen molar-refractivity contribution in [2.24, 2.45) is 0 Å². The topological polar surface area (TPSA) is 49.3 Å². The zero-order valence-electron chi connectivity index (χ0n) is 9.81. The summed E-state index contributed by atoms with van der Waals surface area (Å²) in [6.07, 6.45) is -1.35. The van der Waals surface area contributed by atoms with Crippen LogP contribution in [-0.4, -0.2) is 11.0 Å². The van der Waals surface area contributed by atoms with E-state index in [-0.39, 0.29) is 0 Å². The number of anilines is 1. The van der Waals surface area contributed by atoms with Crippen molar-refractivity contribution in [1.29, 1.82) is 0 Å². The molecule has 3 nitrogen and oxygen atoms in total. The molecule has 2 rings (SSSR count). The van der Waals surface area contributed by atoms with Gasteiger partial charge >= 0.3 is 0 Å². The molecule has 0 aliphatic carbocycles. The van der Waals surface area contributed by atoms with Gasteiger partial charge in [0, 0.05) is 10.7 Å². The van der Waals surface area contributed by atoms with Gasteiger partial charge in [0.15, 0.2) is 6.10 Å². The summed E-state index contributed by atoms with van der Waals surface area (Å²) >= 11 is 5.72. The number of benzene rings is 2. The molecule has 2 N–H and O–H groups in total. The Hall–Kier alpha value is -1.91. The highest BCUT2D eigenvalue weighted by atomic mass is 35.5. The van der Waals surface area contributed by atoms with Gasteiger partial charge in [-0.25, -0.2) is 4.39 Å². The second kappa shape index (κ2) is 5.82. The molecule has 0 bridgehead atoms. The van der Waals surface area contributed by atoms with Crippen LogP contribution >= 0.6 is 11.6 Å². The van der Waals surface area contributed by atoms with Crippen LogP contribution in [0.1, 0.15) is 11.7 Å². The third kappa shape index (κ3) is 3.53. The first-order valence-corrected chi connectivity index (χ1v) is 5.94. The van der Waals surface area contributed by atoms with Crippen molar-refractivity contribution in [3.05, 3.63) is 64.9 Å². The van der Waals surface area contributed by atoms with Gasteiger partial charge in [0.25, 0.3) is 5.91 Å². The molecule has 0 spiro atoms. The second-order valence-corrected chi connectivity index (χ2v) is 4.39. The number of amides is 1. The number of aliphatic hydroxyl groups excluding tert-OH is 1. The molecular weight excluding hydrogens is 269 g/mol. The Morgan fingerprint density at radius 3 is 2.26 bits per heavy atom. The van der Waals surface area contributed by atoms with Gasteiger partial charge in [-0.2, -0.15) is 0 Å². The monoisotopic (exact) mass is 279 g/mol. The Balaban J connectivity index is 2.07. The molecule has 0 fully saturated rings. The van der Waals surface area contributed by atoms with Gasteiger partial charge in [-0.1, -0.05) is 23.7 Å². The van der Waals surface area contributed by atoms with E-state index in [4.69, 9.17) is 11.6 Å². The van der Waals surface area contributed by atoms with E-state index in [0.29, 0.717) is 16.3 Å². The second-order valence-electron chi connectivity index (χ2n) is 3.95. The van der Waals surface area contributed by atoms with Gasteiger partial charge in [-0.15, -0.1) is 0 Å². The van der Waals surface area contributed by atoms with Crippen LogP contribution < -0.4 is 5.32 Å². The summed E-state index contributed by atoms with van der Waals surface area (Å²) in [5.74, 6) is -1.01. The van der Waals surface area contributed by atoms with Gasteiger partial charge in [0.2, 0.25) is 0 Å². The number of aliphatic hydroxyl groups is 1. The summed E-state index contributed by atoms with van der Waals surface area (Å²) in [6.45, 7) is 0. The molecule has 1 unspecified atom stereocenters. The molecule has 0 radical (unpaired) electrons. The first-order chi connectivity index (χ1) is 9.06. The molecule has 0 heterocycles. The van der Waals surface area contributed by atoms with Crippen LogP contribution in [0.5, 0.6) is 0 Å². The maximum atomic E-state index is 12.7. The molecule has 0 aromatic heterocycles. The standard InChI is InChI=1S/C14H11ClFNO2/c15-10-3-7-12(8-4-10)17-14(19)13(18)9-1-5-11(16)6-2-9/h1-8,13,18H,(H,17,19). The highest BCUT2D eigenvalue weighted by molar-refractivity contribution is 6.30. The summed E-state index contributed by atoms with van der Waals surface area (Å²) in [4.78, 5) is 11.8. The van der Waals surface area contributed by atoms with Gasteiger partial charge in [-0.05, 0) is 42.0 Å². The zero-order valence-corrected chi connectivity index (χ0v) is 10.6. The molecule has 0 aliphatic heterocycles. The average molecular weight is 280 g/mol. The summed E-state index contributed by atoms with van der Waals surface area (Å²) in [7, 11) is 0. The number of halogens is 2. The lowest BCUT2D eigenvalue weighted by atomic mass is 10.1. The fraction of sp³-hybridized carbons (Fsp3) is 0.0714. The maximum absolute atomic E-state index is 12.7.